The minimum Gasteiger partial charge on any atom is -0.395 e. The average molecular weight is 235 g/mol. The van der Waals surface area contributed by atoms with Crippen molar-refractivity contribution in [2.24, 2.45) is 0 Å². The Morgan fingerprint density at radius 1 is 1.06 bits per heavy atom. The predicted octanol–water partition coefficient (Wildman–Crippen LogP) is 3.23. The summed E-state index contributed by atoms with van der Waals surface area (Å²) in [7, 11) is 0. The molecule has 2 heteroatoms. The lowest BCUT2D eigenvalue weighted by atomic mass is 9.99. The van der Waals surface area contributed by atoms with Crippen molar-refractivity contribution in [1.29, 1.82) is 0 Å². The summed E-state index contributed by atoms with van der Waals surface area (Å²) in [5.74, 6) is 0.577. The van der Waals surface area contributed by atoms with Crippen LogP contribution in [0.5, 0.6) is 0 Å². The Bertz CT molecular complexity index is 314. The first-order valence-electron chi connectivity index (χ1n) is 6.55. The molecule has 2 nitrogen and oxygen atoms in total. The molecule has 0 aliphatic heterocycles. The number of aliphatic hydroxyl groups is 1. The maximum Gasteiger partial charge on any atom is 0.0584 e. The van der Waals surface area contributed by atoms with Crippen LogP contribution in [0.2, 0.25) is 0 Å². The second-order valence-corrected chi connectivity index (χ2v) is 5.00. The SMILES string of the molecule is CCC(CO)NC(C)c1ccc(C(C)C)cc1. The molecule has 0 fully saturated rings. The van der Waals surface area contributed by atoms with Crippen molar-refractivity contribution >= 4 is 0 Å². The van der Waals surface area contributed by atoms with Gasteiger partial charge in [0.05, 0.1) is 6.61 Å². The first-order valence-corrected chi connectivity index (χ1v) is 6.55. The lowest BCUT2D eigenvalue weighted by molar-refractivity contribution is 0.230. The van der Waals surface area contributed by atoms with Crippen LogP contribution >= 0.6 is 0 Å². The topological polar surface area (TPSA) is 32.3 Å². The molecule has 2 atom stereocenters. The Hall–Kier alpha value is -0.860. The van der Waals surface area contributed by atoms with Crippen molar-refractivity contribution in [3.05, 3.63) is 35.4 Å². The van der Waals surface area contributed by atoms with E-state index >= 15 is 0 Å². The van der Waals surface area contributed by atoms with Crippen molar-refractivity contribution in [2.45, 2.75) is 52.1 Å². The molecule has 96 valence electrons. The molecule has 0 saturated heterocycles. The molecule has 0 heterocycles. The molecule has 1 rings (SSSR count). The highest BCUT2D eigenvalue weighted by Gasteiger charge is 2.11. The van der Waals surface area contributed by atoms with Crippen molar-refractivity contribution < 1.29 is 5.11 Å². The fourth-order valence-corrected chi connectivity index (χ4v) is 1.92. The quantitative estimate of drug-likeness (QED) is 0.793. The Balaban J connectivity index is 2.66. The highest BCUT2D eigenvalue weighted by atomic mass is 16.3. The lowest BCUT2D eigenvalue weighted by Crippen LogP contribution is -2.33. The van der Waals surface area contributed by atoms with Gasteiger partial charge >= 0.3 is 0 Å². The second-order valence-electron chi connectivity index (χ2n) is 5.00. The normalized spacial score (nSPS) is 14.9. The van der Waals surface area contributed by atoms with Gasteiger partial charge in [-0.3, -0.25) is 0 Å². The van der Waals surface area contributed by atoms with E-state index in [-0.39, 0.29) is 18.7 Å². The standard InChI is InChI=1S/C15H25NO/c1-5-15(10-17)16-12(4)14-8-6-13(7-9-14)11(2)3/h6-9,11-12,15-17H,5,10H2,1-4H3. The molecule has 2 unspecified atom stereocenters. The molecule has 0 bridgehead atoms. The number of rotatable bonds is 6. The highest BCUT2D eigenvalue weighted by molar-refractivity contribution is 5.26. The van der Waals surface area contributed by atoms with E-state index < -0.39 is 0 Å². The maximum atomic E-state index is 9.18. The van der Waals surface area contributed by atoms with E-state index in [2.05, 4.69) is 57.3 Å². The zero-order chi connectivity index (χ0) is 12.8. The van der Waals surface area contributed by atoms with Crippen LogP contribution in [-0.4, -0.2) is 17.8 Å². The molecule has 0 aliphatic carbocycles. The number of nitrogens with one attached hydrogen (secondary N) is 1. The zero-order valence-electron chi connectivity index (χ0n) is 11.4. The largest absolute Gasteiger partial charge is 0.395 e. The van der Waals surface area contributed by atoms with Crippen molar-refractivity contribution in [1.82, 2.24) is 5.32 Å². The van der Waals surface area contributed by atoms with E-state index in [1.807, 2.05) is 0 Å². The van der Waals surface area contributed by atoms with Crippen LogP contribution in [0.3, 0.4) is 0 Å². The molecule has 0 aliphatic rings. The van der Waals surface area contributed by atoms with Crippen molar-refractivity contribution in [2.75, 3.05) is 6.61 Å². The minimum atomic E-state index is 0.190. The van der Waals surface area contributed by atoms with E-state index in [0.29, 0.717) is 5.92 Å². The van der Waals surface area contributed by atoms with E-state index in [0.717, 1.165) is 6.42 Å². The molecule has 17 heavy (non-hydrogen) atoms. The van der Waals surface area contributed by atoms with Gasteiger partial charge < -0.3 is 10.4 Å². The van der Waals surface area contributed by atoms with E-state index in [1.54, 1.807) is 0 Å². The Labute approximate surface area is 105 Å². The summed E-state index contributed by atoms with van der Waals surface area (Å²) in [6.45, 7) is 8.83. The van der Waals surface area contributed by atoms with Crippen LogP contribution < -0.4 is 5.32 Å². The fourth-order valence-electron chi connectivity index (χ4n) is 1.92. The van der Waals surface area contributed by atoms with E-state index in [1.165, 1.54) is 11.1 Å². The number of benzene rings is 1. The monoisotopic (exact) mass is 235 g/mol. The van der Waals surface area contributed by atoms with Crippen LogP contribution in [0.1, 0.15) is 57.2 Å². The third kappa shape index (κ3) is 4.14. The van der Waals surface area contributed by atoms with E-state index in [9.17, 15) is 5.11 Å². The Morgan fingerprint density at radius 3 is 2.00 bits per heavy atom. The maximum absolute atomic E-state index is 9.18. The van der Waals surface area contributed by atoms with Crippen LogP contribution in [0.25, 0.3) is 0 Å². The van der Waals surface area contributed by atoms with Crippen molar-refractivity contribution in [3.63, 3.8) is 0 Å². The Morgan fingerprint density at radius 2 is 1.59 bits per heavy atom. The molecule has 0 spiro atoms. The summed E-state index contributed by atoms with van der Waals surface area (Å²) in [5.41, 5.74) is 2.65. The van der Waals surface area contributed by atoms with Gasteiger partial charge in [-0.05, 0) is 30.4 Å². The summed E-state index contributed by atoms with van der Waals surface area (Å²) in [5, 5.41) is 12.6. The zero-order valence-corrected chi connectivity index (χ0v) is 11.4. The van der Waals surface area contributed by atoms with Gasteiger partial charge in [0.25, 0.3) is 0 Å². The summed E-state index contributed by atoms with van der Waals surface area (Å²) in [6, 6.07) is 9.22. The molecular weight excluding hydrogens is 210 g/mol. The van der Waals surface area contributed by atoms with Gasteiger partial charge in [-0.2, -0.15) is 0 Å². The summed E-state index contributed by atoms with van der Waals surface area (Å²) in [6.07, 6.45) is 0.949. The lowest BCUT2D eigenvalue weighted by Gasteiger charge is -2.21. The molecule has 0 aromatic heterocycles. The molecule has 2 N–H and O–H groups in total. The van der Waals surface area contributed by atoms with Gasteiger partial charge in [0, 0.05) is 12.1 Å². The fraction of sp³-hybridized carbons (Fsp3) is 0.600. The third-order valence-electron chi connectivity index (χ3n) is 3.30. The van der Waals surface area contributed by atoms with Gasteiger partial charge in [0.15, 0.2) is 0 Å². The summed E-state index contributed by atoms with van der Waals surface area (Å²) in [4.78, 5) is 0. The smallest absolute Gasteiger partial charge is 0.0584 e. The minimum absolute atomic E-state index is 0.190. The van der Waals surface area contributed by atoms with Gasteiger partial charge in [0.1, 0.15) is 0 Å². The summed E-state index contributed by atoms with van der Waals surface area (Å²) < 4.78 is 0. The van der Waals surface area contributed by atoms with Gasteiger partial charge in [-0.1, -0.05) is 45.0 Å². The van der Waals surface area contributed by atoms with Gasteiger partial charge in [-0.25, -0.2) is 0 Å². The highest BCUT2D eigenvalue weighted by Crippen LogP contribution is 2.19. The number of hydrogen-bond donors (Lipinski definition) is 2. The van der Waals surface area contributed by atoms with E-state index in [4.69, 9.17) is 0 Å². The van der Waals surface area contributed by atoms with Crippen LogP contribution in [0, 0.1) is 0 Å². The summed E-state index contributed by atoms with van der Waals surface area (Å²) >= 11 is 0. The molecule has 1 aromatic rings. The van der Waals surface area contributed by atoms with Crippen LogP contribution in [0.15, 0.2) is 24.3 Å². The van der Waals surface area contributed by atoms with Crippen molar-refractivity contribution in [3.8, 4) is 0 Å². The average Bonchev–Trinajstić information content (AvgIpc) is 2.35. The second kappa shape index (κ2) is 6.77. The number of aliphatic hydroxyl groups excluding tert-OH is 1. The Kier molecular flexibility index (Phi) is 5.66. The third-order valence-corrected chi connectivity index (χ3v) is 3.30. The molecule has 0 saturated carbocycles. The first kappa shape index (κ1) is 14.2. The molecule has 0 radical (unpaired) electrons. The molecular formula is C15H25NO. The predicted molar refractivity (Wildman–Crippen MR) is 73.2 cm³/mol. The first-order chi connectivity index (χ1) is 8.08. The van der Waals surface area contributed by atoms with Crippen LogP contribution in [-0.2, 0) is 0 Å². The molecule has 0 amide bonds. The molecule has 1 aromatic carbocycles. The van der Waals surface area contributed by atoms with Crippen LogP contribution in [0.4, 0.5) is 0 Å². The van der Waals surface area contributed by atoms with Gasteiger partial charge in [-0.15, -0.1) is 0 Å². The van der Waals surface area contributed by atoms with Gasteiger partial charge in [0.2, 0.25) is 0 Å². The number of hydrogen-bond acceptors (Lipinski definition) is 2.